The first kappa shape index (κ1) is 32.0. The zero-order chi connectivity index (χ0) is 32.0. The number of nitrogens with two attached hydrogens (primary N) is 1. The van der Waals surface area contributed by atoms with Crippen molar-refractivity contribution in [3.05, 3.63) is 143 Å². The number of hydrogen-bond acceptors (Lipinski definition) is 6. The highest BCUT2D eigenvalue weighted by Gasteiger charge is 2.48. The van der Waals surface area contributed by atoms with Crippen LogP contribution in [0.2, 0.25) is 0 Å². The molecular weight excluding hydrogens is 580 g/mol. The van der Waals surface area contributed by atoms with Crippen LogP contribution in [-0.2, 0) is 20.9 Å². The summed E-state index contributed by atoms with van der Waals surface area (Å²) in [6, 6.07) is 37.8. The summed E-state index contributed by atoms with van der Waals surface area (Å²) < 4.78 is -1.52. The van der Waals surface area contributed by atoms with Gasteiger partial charge in [0.15, 0.2) is 0 Å². The van der Waals surface area contributed by atoms with E-state index in [2.05, 4.69) is 47.8 Å². The number of carbonyl (C=O) groups is 2. The molecule has 4 N–H and O–H groups in total. The van der Waals surface area contributed by atoms with E-state index in [1.165, 1.54) is 4.90 Å². The van der Waals surface area contributed by atoms with Gasteiger partial charge in [-0.25, -0.2) is 0 Å². The number of likely N-dealkylation sites (tertiary alicyclic amines) is 1. The highest BCUT2D eigenvalue weighted by Crippen LogP contribution is 2.54. The molecule has 1 aliphatic rings. The monoisotopic (exact) mass is 618 g/mol. The van der Waals surface area contributed by atoms with Crippen LogP contribution in [-0.4, -0.2) is 51.3 Å². The van der Waals surface area contributed by atoms with Crippen molar-refractivity contribution in [2.75, 3.05) is 6.54 Å². The standard InChI is InChI=1S/C37H38N4O3S/c1-36(2,45-37(28-12-6-3-7-13-28,29-14-8-4-9-15-29)30-16-10-5-11-17-30)33(39)35(44)41-25-31(42)22-32(41)34(43)40-24-27-20-18-26(23-38)19-21-27/h3-21,31-33,42H,22,24-25,39H2,1-2H3,(H,40,43)/t31-,32+,33?/m1/s1. The van der Waals surface area contributed by atoms with Crippen LogP contribution in [0.5, 0.6) is 0 Å². The van der Waals surface area contributed by atoms with Gasteiger partial charge in [-0.3, -0.25) is 9.59 Å². The van der Waals surface area contributed by atoms with Crippen LogP contribution in [0.25, 0.3) is 0 Å². The summed E-state index contributed by atoms with van der Waals surface area (Å²) in [6.45, 7) is 4.20. The number of hydrogen-bond donors (Lipinski definition) is 3. The number of amides is 2. The van der Waals surface area contributed by atoms with Gasteiger partial charge in [-0.05, 0) is 48.2 Å². The van der Waals surface area contributed by atoms with E-state index >= 15 is 0 Å². The molecule has 5 rings (SSSR count). The van der Waals surface area contributed by atoms with E-state index in [1.807, 2.05) is 68.4 Å². The van der Waals surface area contributed by atoms with Crippen molar-refractivity contribution in [1.82, 2.24) is 10.2 Å². The van der Waals surface area contributed by atoms with Gasteiger partial charge < -0.3 is 21.1 Å². The fourth-order valence-electron chi connectivity index (χ4n) is 5.94. The Balaban J connectivity index is 1.43. The third-order valence-corrected chi connectivity index (χ3v) is 10.2. The highest BCUT2D eigenvalue weighted by molar-refractivity contribution is 8.02. The van der Waals surface area contributed by atoms with Gasteiger partial charge in [0, 0.05) is 24.3 Å². The largest absolute Gasteiger partial charge is 0.391 e. The van der Waals surface area contributed by atoms with Crippen molar-refractivity contribution in [3.8, 4) is 6.07 Å². The van der Waals surface area contributed by atoms with Crippen LogP contribution < -0.4 is 11.1 Å². The van der Waals surface area contributed by atoms with E-state index in [4.69, 9.17) is 11.0 Å². The van der Waals surface area contributed by atoms with Crippen molar-refractivity contribution in [3.63, 3.8) is 0 Å². The van der Waals surface area contributed by atoms with E-state index in [1.54, 1.807) is 36.0 Å². The first-order chi connectivity index (χ1) is 21.7. The van der Waals surface area contributed by atoms with Gasteiger partial charge in [-0.15, -0.1) is 11.8 Å². The maximum Gasteiger partial charge on any atom is 0.243 e. The highest BCUT2D eigenvalue weighted by atomic mass is 32.2. The molecular formula is C37H38N4O3S. The molecule has 0 aromatic heterocycles. The number of β-amino-alcohol motifs (C(OH)–C–C–N with tert-alkyl or cyclic N) is 1. The summed E-state index contributed by atoms with van der Waals surface area (Å²) in [5.41, 5.74) is 11.4. The molecule has 45 heavy (non-hydrogen) atoms. The number of rotatable bonds is 10. The Bertz CT molecular complexity index is 1540. The summed E-state index contributed by atoms with van der Waals surface area (Å²) in [7, 11) is 0. The molecule has 1 heterocycles. The maximum absolute atomic E-state index is 14.2. The molecule has 1 fully saturated rings. The molecule has 0 spiro atoms. The number of benzene rings is 4. The van der Waals surface area contributed by atoms with Gasteiger partial charge in [-0.1, -0.05) is 103 Å². The third kappa shape index (κ3) is 6.81. The lowest BCUT2D eigenvalue weighted by atomic mass is 9.84. The Kier molecular flexibility index (Phi) is 9.74. The summed E-state index contributed by atoms with van der Waals surface area (Å²) in [5, 5.41) is 22.5. The fraction of sp³-hybridized carbons (Fsp3) is 0.270. The van der Waals surface area contributed by atoms with Crippen molar-refractivity contribution >= 4 is 23.6 Å². The predicted molar refractivity (Wildman–Crippen MR) is 178 cm³/mol. The summed E-state index contributed by atoms with van der Waals surface area (Å²) >= 11 is 1.61. The van der Waals surface area contributed by atoms with E-state index < -0.39 is 27.7 Å². The van der Waals surface area contributed by atoms with E-state index in [0.29, 0.717) is 5.56 Å². The first-order valence-corrected chi connectivity index (χ1v) is 15.8. The number of nitriles is 1. The topological polar surface area (TPSA) is 119 Å². The number of aliphatic hydroxyl groups is 1. The molecule has 7 nitrogen and oxygen atoms in total. The van der Waals surface area contributed by atoms with E-state index in [9.17, 15) is 14.7 Å². The summed E-state index contributed by atoms with van der Waals surface area (Å²) in [5.74, 6) is -0.736. The van der Waals surface area contributed by atoms with Crippen LogP contribution in [0.3, 0.4) is 0 Å². The Labute approximate surface area is 269 Å². The Morgan fingerprint density at radius 1 is 0.911 bits per heavy atom. The van der Waals surface area contributed by atoms with Crippen molar-refractivity contribution < 1.29 is 14.7 Å². The van der Waals surface area contributed by atoms with Crippen LogP contribution in [0.1, 0.15) is 48.1 Å². The molecule has 1 aliphatic heterocycles. The number of aliphatic hydroxyl groups excluding tert-OH is 1. The molecule has 0 radical (unpaired) electrons. The van der Waals surface area contributed by atoms with E-state index in [-0.39, 0.29) is 31.3 Å². The second-order valence-corrected chi connectivity index (χ2v) is 13.8. The molecule has 0 saturated carbocycles. The summed E-state index contributed by atoms with van der Waals surface area (Å²) in [6.07, 6.45) is -0.702. The Morgan fingerprint density at radius 3 is 1.87 bits per heavy atom. The van der Waals surface area contributed by atoms with Gasteiger partial charge in [0.25, 0.3) is 0 Å². The molecule has 3 atom stereocenters. The Hall–Kier alpha value is -4.42. The zero-order valence-electron chi connectivity index (χ0n) is 25.5. The second-order valence-electron chi connectivity index (χ2n) is 11.9. The Morgan fingerprint density at radius 2 is 1.40 bits per heavy atom. The van der Waals surface area contributed by atoms with Crippen molar-refractivity contribution in [1.29, 1.82) is 5.26 Å². The molecule has 0 bridgehead atoms. The average Bonchev–Trinajstić information content (AvgIpc) is 3.48. The van der Waals surface area contributed by atoms with Crippen molar-refractivity contribution in [2.24, 2.45) is 5.73 Å². The van der Waals surface area contributed by atoms with Gasteiger partial charge in [-0.2, -0.15) is 5.26 Å². The lowest BCUT2D eigenvalue weighted by Crippen LogP contribution is -2.57. The minimum Gasteiger partial charge on any atom is -0.391 e. The minimum atomic E-state index is -0.989. The van der Waals surface area contributed by atoms with Crippen LogP contribution in [0.15, 0.2) is 115 Å². The van der Waals surface area contributed by atoms with Gasteiger partial charge in [0.2, 0.25) is 11.8 Å². The van der Waals surface area contributed by atoms with Crippen molar-refractivity contribution in [2.45, 2.75) is 54.5 Å². The number of thioether (sulfide) groups is 1. The minimum absolute atomic E-state index is 0.0312. The zero-order valence-corrected chi connectivity index (χ0v) is 26.3. The molecule has 0 aliphatic carbocycles. The van der Waals surface area contributed by atoms with Crippen LogP contribution >= 0.6 is 11.8 Å². The normalized spacial score (nSPS) is 17.4. The van der Waals surface area contributed by atoms with Gasteiger partial charge in [0.1, 0.15) is 6.04 Å². The molecule has 4 aromatic carbocycles. The van der Waals surface area contributed by atoms with Gasteiger partial charge in [0.05, 0.1) is 28.5 Å². The molecule has 2 amide bonds. The average molecular weight is 619 g/mol. The first-order valence-electron chi connectivity index (χ1n) is 15.0. The number of nitrogens with one attached hydrogen (secondary N) is 1. The lowest BCUT2D eigenvalue weighted by Gasteiger charge is -2.44. The van der Waals surface area contributed by atoms with Gasteiger partial charge >= 0.3 is 0 Å². The predicted octanol–water partition coefficient (Wildman–Crippen LogP) is 4.97. The maximum atomic E-state index is 14.2. The fourth-order valence-corrected chi connectivity index (χ4v) is 7.72. The lowest BCUT2D eigenvalue weighted by molar-refractivity contribution is -0.140. The molecule has 8 heteroatoms. The van der Waals surface area contributed by atoms with Crippen LogP contribution in [0, 0.1) is 11.3 Å². The van der Waals surface area contributed by atoms with E-state index in [0.717, 1.165) is 22.3 Å². The van der Waals surface area contributed by atoms with Crippen LogP contribution in [0.4, 0.5) is 0 Å². The molecule has 230 valence electrons. The SMILES string of the molecule is CC(C)(SC(c1ccccc1)(c1ccccc1)c1ccccc1)C(N)C(=O)N1C[C@H](O)C[C@H]1C(=O)NCc1ccc(C#N)cc1. The molecule has 1 unspecified atom stereocenters. The third-order valence-electron chi connectivity index (χ3n) is 8.39. The smallest absolute Gasteiger partial charge is 0.243 e. The number of nitrogens with zero attached hydrogens (tertiary/aromatic N) is 2. The quantitative estimate of drug-likeness (QED) is 0.216. The number of carbonyl (C=O) groups excluding carboxylic acids is 2. The molecule has 4 aromatic rings. The summed E-state index contributed by atoms with van der Waals surface area (Å²) in [4.78, 5) is 28.9. The second kappa shape index (κ2) is 13.7. The molecule has 1 saturated heterocycles.